The number of halogens is 2. The average Bonchev–Trinajstić information content (AvgIpc) is 2.42. The molecule has 0 aromatic heterocycles. The van der Waals surface area contributed by atoms with Crippen molar-refractivity contribution in [3.05, 3.63) is 28.2 Å². The highest BCUT2D eigenvalue weighted by molar-refractivity contribution is 6.39. The number of carbonyl (C=O) groups excluding carboxylic acids is 2. The summed E-state index contributed by atoms with van der Waals surface area (Å²) < 4.78 is 0. The predicted molar refractivity (Wildman–Crippen MR) is 91.4 cm³/mol. The lowest BCUT2D eigenvalue weighted by Gasteiger charge is -2.22. The molecule has 1 aromatic carbocycles. The van der Waals surface area contributed by atoms with Gasteiger partial charge in [-0.05, 0) is 24.5 Å². The van der Waals surface area contributed by atoms with Crippen LogP contribution in [-0.2, 0) is 9.59 Å². The summed E-state index contributed by atoms with van der Waals surface area (Å²) in [5.41, 5.74) is 0.410. The number of amides is 2. The molecule has 0 unspecified atom stereocenters. The Morgan fingerprint density at radius 2 is 1.77 bits per heavy atom. The zero-order valence-electron chi connectivity index (χ0n) is 13.2. The van der Waals surface area contributed by atoms with Gasteiger partial charge in [-0.1, -0.05) is 43.1 Å². The van der Waals surface area contributed by atoms with Gasteiger partial charge < -0.3 is 10.2 Å². The van der Waals surface area contributed by atoms with Crippen LogP contribution in [0.15, 0.2) is 18.2 Å². The van der Waals surface area contributed by atoms with E-state index in [1.807, 2.05) is 0 Å². The van der Waals surface area contributed by atoms with Crippen LogP contribution < -0.4 is 5.32 Å². The molecular formula is C16H22Cl2N2O2. The van der Waals surface area contributed by atoms with Crippen molar-refractivity contribution in [3.63, 3.8) is 0 Å². The molecule has 0 heterocycles. The second kappa shape index (κ2) is 9.01. The Morgan fingerprint density at radius 3 is 2.27 bits per heavy atom. The van der Waals surface area contributed by atoms with E-state index in [9.17, 15) is 9.59 Å². The maximum atomic E-state index is 12.0. The van der Waals surface area contributed by atoms with E-state index in [4.69, 9.17) is 23.2 Å². The van der Waals surface area contributed by atoms with Gasteiger partial charge in [-0.3, -0.25) is 9.59 Å². The van der Waals surface area contributed by atoms with Crippen LogP contribution in [0.25, 0.3) is 0 Å². The number of para-hydroxylation sites is 1. The van der Waals surface area contributed by atoms with E-state index in [-0.39, 0.29) is 18.2 Å². The van der Waals surface area contributed by atoms with Crippen LogP contribution in [0.3, 0.4) is 0 Å². The maximum Gasteiger partial charge on any atom is 0.226 e. The van der Waals surface area contributed by atoms with Gasteiger partial charge in [0, 0.05) is 26.4 Å². The number of nitrogens with zero attached hydrogens (tertiary/aromatic N) is 1. The maximum absolute atomic E-state index is 12.0. The van der Waals surface area contributed by atoms with Crippen molar-refractivity contribution in [1.82, 2.24) is 4.90 Å². The van der Waals surface area contributed by atoms with E-state index >= 15 is 0 Å². The number of benzene rings is 1. The first-order valence-electron chi connectivity index (χ1n) is 7.30. The van der Waals surface area contributed by atoms with Crippen molar-refractivity contribution in [2.75, 3.05) is 18.4 Å². The molecule has 6 heteroatoms. The van der Waals surface area contributed by atoms with Crippen LogP contribution in [0.4, 0.5) is 5.69 Å². The van der Waals surface area contributed by atoms with Gasteiger partial charge in [0.2, 0.25) is 11.8 Å². The van der Waals surface area contributed by atoms with Crippen molar-refractivity contribution in [1.29, 1.82) is 0 Å². The Morgan fingerprint density at radius 1 is 1.18 bits per heavy atom. The molecule has 0 fully saturated rings. The molecule has 22 heavy (non-hydrogen) atoms. The van der Waals surface area contributed by atoms with Gasteiger partial charge in [0.25, 0.3) is 0 Å². The lowest BCUT2D eigenvalue weighted by molar-refractivity contribution is -0.129. The molecule has 1 aromatic rings. The summed E-state index contributed by atoms with van der Waals surface area (Å²) in [6, 6.07) is 5.03. The smallest absolute Gasteiger partial charge is 0.226 e. The largest absolute Gasteiger partial charge is 0.342 e. The van der Waals surface area contributed by atoms with Gasteiger partial charge in [-0.2, -0.15) is 0 Å². The standard InChI is InChI=1S/C16H22Cl2N2O2/c1-11(2)7-9-20(12(3)21)10-8-15(22)19-16-13(17)5-4-6-14(16)18/h4-6,11H,7-10H2,1-3H3,(H,19,22). The zero-order valence-corrected chi connectivity index (χ0v) is 14.7. The molecule has 0 saturated carbocycles. The minimum Gasteiger partial charge on any atom is -0.342 e. The SMILES string of the molecule is CC(=O)N(CCC(=O)Nc1c(Cl)cccc1Cl)CCC(C)C. The molecule has 1 N–H and O–H groups in total. The summed E-state index contributed by atoms with van der Waals surface area (Å²) in [5, 5.41) is 3.48. The van der Waals surface area contributed by atoms with Crippen LogP contribution in [0.2, 0.25) is 10.0 Å². The molecule has 122 valence electrons. The average molecular weight is 345 g/mol. The summed E-state index contributed by atoms with van der Waals surface area (Å²) in [7, 11) is 0. The van der Waals surface area contributed by atoms with Crippen LogP contribution in [0.1, 0.15) is 33.6 Å². The van der Waals surface area contributed by atoms with E-state index in [2.05, 4.69) is 19.2 Å². The molecule has 0 aliphatic heterocycles. The third-order valence-corrected chi connectivity index (χ3v) is 3.89. The number of hydrogen-bond donors (Lipinski definition) is 1. The van der Waals surface area contributed by atoms with Gasteiger partial charge in [0.1, 0.15) is 0 Å². The normalized spacial score (nSPS) is 10.6. The number of nitrogens with one attached hydrogen (secondary N) is 1. The molecule has 0 radical (unpaired) electrons. The van der Waals surface area contributed by atoms with E-state index in [1.54, 1.807) is 23.1 Å². The highest BCUT2D eigenvalue weighted by Crippen LogP contribution is 2.29. The Labute approximate surface area is 141 Å². The van der Waals surface area contributed by atoms with Crippen LogP contribution in [-0.4, -0.2) is 29.8 Å². The third kappa shape index (κ3) is 6.24. The molecule has 0 bridgehead atoms. The molecule has 0 aliphatic rings. The summed E-state index contributed by atoms with van der Waals surface area (Å²) in [6.45, 7) is 6.76. The fourth-order valence-corrected chi connectivity index (χ4v) is 2.39. The molecule has 4 nitrogen and oxygen atoms in total. The van der Waals surface area contributed by atoms with E-state index in [1.165, 1.54) is 6.92 Å². The summed E-state index contributed by atoms with van der Waals surface area (Å²) in [6.07, 6.45) is 1.12. The Balaban J connectivity index is 2.55. The van der Waals surface area contributed by atoms with Crippen molar-refractivity contribution < 1.29 is 9.59 Å². The van der Waals surface area contributed by atoms with Gasteiger partial charge in [0.15, 0.2) is 0 Å². The molecule has 0 aliphatic carbocycles. The van der Waals surface area contributed by atoms with Crippen molar-refractivity contribution in [3.8, 4) is 0 Å². The first-order valence-corrected chi connectivity index (χ1v) is 8.06. The number of rotatable bonds is 7. The molecule has 1 rings (SSSR count). The fourth-order valence-electron chi connectivity index (χ4n) is 1.90. The third-order valence-electron chi connectivity index (χ3n) is 3.26. The minimum absolute atomic E-state index is 0.0239. The minimum atomic E-state index is -0.217. The summed E-state index contributed by atoms with van der Waals surface area (Å²) in [4.78, 5) is 25.3. The Bertz CT molecular complexity index is 513. The van der Waals surface area contributed by atoms with Crippen LogP contribution >= 0.6 is 23.2 Å². The van der Waals surface area contributed by atoms with Gasteiger partial charge in [-0.25, -0.2) is 0 Å². The van der Waals surface area contributed by atoms with Crippen molar-refractivity contribution in [2.24, 2.45) is 5.92 Å². The molecular weight excluding hydrogens is 323 g/mol. The van der Waals surface area contributed by atoms with E-state index in [0.717, 1.165) is 6.42 Å². The quantitative estimate of drug-likeness (QED) is 0.804. The number of carbonyl (C=O) groups is 2. The highest BCUT2D eigenvalue weighted by atomic mass is 35.5. The molecule has 0 atom stereocenters. The number of hydrogen-bond acceptors (Lipinski definition) is 2. The van der Waals surface area contributed by atoms with E-state index < -0.39 is 0 Å². The zero-order chi connectivity index (χ0) is 16.7. The van der Waals surface area contributed by atoms with Crippen LogP contribution in [0, 0.1) is 5.92 Å². The lowest BCUT2D eigenvalue weighted by atomic mass is 10.1. The topological polar surface area (TPSA) is 49.4 Å². The first kappa shape index (κ1) is 18.8. The van der Waals surface area contributed by atoms with Crippen molar-refractivity contribution in [2.45, 2.75) is 33.6 Å². The summed E-state index contributed by atoms with van der Waals surface area (Å²) >= 11 is 12.0. The second-order valence-electron chi connectivity index (χ2n) is 5.58. The van der Waals surface area contributed by atoms with Crippen molar-refractivity contribution >= 4 is 40.7 Å². The molecule has 0 spiro atoms. The Kier molecular flexibility index (Phi) is 7.69. The summed E-state index contributed by atoms with van der Waals surface area (Å²) in [5.74, 6) is 0.271. The molecule has 0 saturated heterocycles. The van der Waals surface area contributed by atoms with Gasteiger partial charge in [-0.15, -0.1) is 0 Å². The Hall–Kier alpha value is -1.26. The fraction of sp³-hybridized carbons (Fsp3) is 0.500. The first-order chi connectivity index (χ1) is 10.3. The lowest BCUT2D eigenvalue weighted by Crippen LogP contribution is -2.33. The second-order valence-corrected chi connectivity index (χ2v) is 6.40. The molecule has 2 amide bonds. The highest BCUT2D eigenvalue weighted by Gasteiger charge is 2.13. The van der Waals surface area contributed by atoms with Gasteiger partial charge in [0.05, 0.1) is 15.7 Å². The predicted octanol–water partition coefficient (Wildman–Crippen LogP) is 4.22. The monoisotopic (exact) mass is 344 g/mol. The number of anilines is 1. The van der Waals surface area contributed by atoms with E-state index in [0.29, 0.717) is 34.7 Å². The van der Waals surface area contributed by atoms with Crippen LogP contribution in [0.5, 0.6) is 0 Å². The van der Waals surface area contributed by atoms with Gasteiger partial charge >= 0.3 is 0 Å².